The number of nitrogens with zero attached hydrogens (tertiary/aromatic N) is 1. The predicted molar refractivity (Wildman–Crippen MR) is 66.9 cm³/mol. The van der Waals surface area contributed by atoms with Crippen molar-refractivity contribution in [3.8, 4) is 0 Å². The number of benzene rings is 1. The molecule has 1 aliphatic rings. The molecule has 1 heterocycles. The van der Waals surface area contributed by atoms with Crippen LogP contribution in [-0.2, 0) is 11.2 Å². The fourth-order valence-corrected chi connectivity index (χ4v) is 2.26. The summed E-state index contributed by atoms with van der Waals surface area (Å²) in [5.41, 5.74) is 2.66. The van der Waals surface area contributed by atoms with Crippen LogP contribution >= 0.6 is 0 Å². The van der Waals surface area contributed by atoms with Gasteiger partial charge in [0.2, 0.25) is 0 Å². The smallest absolute Gasteiger partial charge is 0.151 e. The Morgan fingerprint density at radius 3 is 2.94 bits per heavy atom. The van der Waals surface area contributed by atoms with E-state index in [1.807, 2.05) is 6.92 Å². The van der Waals surface area contributed by atoms with Gasteiger partial charge in [0, 0.05) is 18.7 Å². The van der Waals surface area contributed by atoms with Gasteiger partial charge in [-0.2, -0.15) is 0 Å². The number of para-hydroxylation sites is 1. The lowest BCUT2D eigenvalue weighted by molar-refractivity contribution is -0.117. The maximum Gasteiger partial charge on any atom is 0.151 e. The quantitative estimate of drug-likeness (QED) is 0.776. The molecule has 2 heteroatoms. The van der Waals surface area contributed by atoms with E-state index in [1.54, 1.807) is 0 Å². The second-order valence-corrected chi connectivity index (χ2v) is 4.40. The fourth-order valence-electron chi connectivity index (χ4n) is 2.26. The molecule has 1 aromatic rings. The van der Waals surface area contributed by atoms with Crippen molar-refractivity contribution >= 4 is 11.5 Å². The molecule has 0 atom stereocenters. The Balaban J connectivity index is 2.22. The van der Waals surface area contributed by atoms with Gasteiger partial charge in [-0.1, -0.05) is 25.1 Å². The number of rotatable bonds is 3. The molecule has 0 amide bonds. The van der Waals surface area contributed by atoms with E-state index in [9.17, 15) is 4.79 Å². The molecule has 1 aliphatic heterocycles. The van der Waals surface area contributed by atoms with E-state index >= 15 is 0 Å². The van der Waals surface area contributed by atoms with Gasteiger partial charge in [-0.05, 0) is 30.9 Å². The number of carbonyl (C=O) groups excluding carboxylic acids is 1. The molecule has 0 saturated heterocycles. The zero-order valence-electron chi connectivity index (χ0n) is 9.91. The lowest BCUT2D eigenvalue weighted by Gasteiger charge is -2.23. The number of fused-ring (bicyclic) bond motifs is 1. The van der Waals surface area contributed by atoms with Crippen LogP contribution in [0.4, 0.5) is 5.69 Å². The van der Waals surface area contributed by atoms with Crippen LogP contribution in [0.1, 0.15) is 31.7 Å². The van der Waals surface area contributed by atoms with Gasteiger partial charge in [-0.15, -0.1) is 0 Å². The van der Waals surface area contributed by atoms with Crippen molar-refractivity contribution < 1.29 is 4.79 Å². The van der Waals surface area contributed by atoms with Crippen molar-refractivity contribution in [3.63, 3.8) is 0 Å². The minimum atomic E-state index is 0.330. The van der Waals surface area contributed by atoms with Crippen LogP contribution in [0.2, 0.25) is 0 Å². The third kappa shape index (κ3) is 2.43. The lowest BCUT2D eigenvalue weighted by atomic mass is 10.1. The molecule has 0 bridgehead atoms. The van der Waals surface area contributed by atoms with Crippen molar-refractivity contribution in [1.29, 1.82) is 0 Å². The maximum absolute atomic E-state index is 11.6. The van der Waals surface area contributed by atoms with Crippen LogP contribution in [0.25, 0.3) is 0 Å². The standard InChI is InChI=1S/C14H19NO/c1-2-13(16)11-15-10-6-5-8-12-7-3-4-9-14(12)15/h3-4,7,9H,2,5-6,8,10-11H2,1H3. The minimum Gasteiger partial charge on any atom is -0.364 e. The molecule has 0 saturated carbocycles. The number of aryl methyl sites for hydroxylation is 1. The van der Waals surface area contributed by atoms with E-state index in [-0.39, 0.29) is 0 Å². The summed E-state index contributed by atoms with van der Waals surface area (Å²) in [5, 5.41) is 0. The van der Waals surface area contributed by atoms with Crippen molar-refractivity contribution in [1.82, 2.24) is 0 Å². The summed E-state index contributed by atoms with van der Waals surface area (Å²) < 4.78 is 0. The second-order valence-electron chi connectivity index (χ2n) is 4.40. The molecule has 0 unspecified atom stereocenters. The van der Waals surface area contributed by atoms with Crippen molar-refractivity contribution in [3.05, 3.63) is 29.8 Å². The number of anilines is 1. The van der Waals surface area contributed by atoms with Crippen LogP contribution in [0.3, 0.4) is 0 Å². The Bertz CT molecular complexity index is 373. The van der Waals surface area contributed by atoms with E-state index in [1.165, 1.54) is 24.1 Å². The van der Waals surface area contributed by atoms with Crippen LogP contribution in [0, 0.1) is 0 Å². The first-order valence-electron chi connectivity index (χ1n) is 6.16. The van der Waals surface area contributed by atoms with Gasteiger partial charge < -0.3 is 4.90 Å². The highest BCUT2D eigenvalue weighted by Gasteiger charge is 2.16. The Labute approximate surface area is 97.3 Å². The van der Waals surface area contributed by atoms with Crippen LogP contribution in [-0.4, -0.2) is 18.9 Å². The summed E-state index contributed by atoms with van der Waals surface area (Å²) >= 11 is 0. The van der Waals surface area contributed by atoms with Gasteiger partial charge in [0.15, 0.2) is 5.78 Å². The molecule has 86 valence electrons. The van der Waals surface area contributed by atoms with Crippen LogP contribution in [0.5, 0.6) is 0 Å². The maximum atomic E-state index is 11.6. The summed E-state index contributed by atoms with van der Waals surface area (Å²) in [6, 6.07) is 8.48. The van der Waals surface area contributed by atoms with E-state index < -0.39 is 0 Å². The topological polar surface area (TPSA) is 20.3 Å². The van der Waals surface area contributed by atoms with Crippen molar-refractivity contribution in [2.24, 2.45) is 0 Å². The zero-order valence-corrected chi connectivity index (χ0v) is 9.91. The van der Waals surface area contributed by atoms with Crippen molar-refractivity contribution in [2.75, 3.05) is 18.0 Å². The molecule has 16 heavy (non-hydrogen) atoms. The Hall–Kier alpha value is -1.31. The molecule has 2 rings (SSSR count). The van der Waals surface area contributed by atoms with Crippen molar-refractivity contribution in [2.45, 2.75) is 32.6 Å². The second kappa shape index (κ2) is 5.15. The summed E-state index contributed by atoms with van der Waals surface area (Å²) in [6.45, 7) is 3.53. The summed E-state index contributed by atoms with van der Waals surface area (Å²) in [5.74, 6) is 0.330. The highest BCUT2D eigenvalue weighted by Crippen LogP contribution is 2.25. The molecule has 0 spiro atoms. The summed E-state index contributed by atoms with van der Waals surface area (Å²) in [4.78, 5) is 13.8. The van der Waals surface area contributed by atoms with Crippen LogP contribution < -0.4 is 4.90 Å². The third-order valence-corrected chi connectivity index (χ3v) is 3.22. The third-order valence-electron chi connectivity index (χ3n) is 3.22. The zero-order chi connectivity index (χ0) is 11.4. The van der Waals surface area contributed by atoms with E-state index in [4.69, 9.17) is 0 Å². The molecule has 1 aromatic carbocycles. The monoisotopic (exact) mass is 217 g/mol. The highest BCUT2D eigenvalue weighted by molar-refractivity contribution is 5.83. The fraction of sp³-hybridized carbons (Fsp3) is 0.500. The van der Waals surface area contributed by atoms with E-state index in [0.29, 0.717) is 18.7 Å². The van der Waals surface area contributed by atoms with E-state index in [0.717, 1.165) is 13.0 Å². The minimum absolute atomic E-state index is 0.330. The molecule has 0 fully saturated rings. The Morgan fingerprint density at radius 1 is 1.31 bits per heavy atom. The summed E-state index contributed by atoms with van der Waals surface area (Å²) in [7, 11) is 0. The van der Waals surface area contributed by atoms with Gasteiger partial charge in [-0.3, -0.25) is 4.79 Å². The Kier molecular flexibility index (Phi) is 3.60. The number of carbonyl (C=O) groups is 1. The first-order chi connectivity index (χ1) is 7.81. The molecule has 2 nitrogen and oxygen atoms in total. The average Bonchev–Trinajstić information content (AvgIpc) is 2.52. The highest BCUT2D eigenvalue weighted by atomic mass is 16.1. The van der Waals surface area contributed by atoms with Gasteiger partial charge in [0.25, 0.3) is 0 Å². The molecule has 0 aliphatic carbocycles. The van der Waals surface area contributed by atoms with Gasteiger partial charge in [0.1, 0.15) is 0 Å². The predicted octanol–water partition coefficient (Wildman–Crippen LogP) is 2.81. The van der Waals surface area contributed by atoms with Gasteiger partial charge in [0.05, 0.1) is 6.54 Å². The van der Waals surface area contributed by atoms with Gasteiger partial charge >= 0.3 is 0 Å². The van der Waals surface area contributed by atoms with Gasteiger partial charge in [-0.25, -0.2) is 0 Å². The van der Waals surface area contributed by atoms with E-state index in [2.05, 4.69) is 29.2 Å². The summed E-state index contributed by atoms with van der Waals surface area (Å²) in [6.07, 6.45) is 4.20. The average molecular weight is 217 g/mol. The number of ketones is 1. The Morgan fingerprint density at radius 2 is 2.12 bits per heavy atom. The normalized spacial score (nSPS) is 15.4. The van der Waals surface area contributed by atoms with Crippen LogP contribution in [0.15, 0.2) is 24.3 Å². The number of hydrogen-bond donors (Lipinski definition) is 0. The lowest BCUT2D eigenvalue weighted by Crippen LogP contribution is -2.30. The SMILES string of the molecule is CCC(=O)CN1CCCCc2ccccc21. The molecule has 0 aromatic heterocycles. The largest absolute Gasteiger partial charge is 0.364 e. The number of hydrogen-bond acceptors (Lipinski definition) is 2. The molecule has 0 radical (unpaired) electrons. The first-order valence-corrected chi connectivity index (χ1v) is 6.16. The molecule has 0 N–H and O–H groups in total. The first kappa shape index (κ1) is 11.2. The molecular formula is C14H19NO. The number of Topliss-reactive ketones (excluding diaryl/α,β-unsaturated/α-hetero) is 1. The molecular weight excluding hydrogens is 198 g/mol.